The number of benzene rings is 8. The van der Waals surface area contributed by atoms with E-state index in [0.717, 1.165) is 33.9 Å². The lowest BCUT2D eigenvalue weighted by atomic mass is 10.0. The molecule has 260 valence electrons. The second-order valence-corrected chi connectivity index (χ2v) is 16.1. The van der Waals surface area contributed by atoms with Crippen LogP contribution in [-0.4, -0.2) is 0 Å². The van der Waals surface area contributed by atoms with Gasteiger partial charge in [-0.25, -0.2) is 0 Å². The first kappa shape index (κ1) is 33.6. The standard InChI is InChI=1S/C48H38N4P2/c1-7-19-39(20-8-1)49-45-33-31-37(35-47(45)50(40-21-9-2-10-22-40)53-43-27-15-5-16-28-43)38-32-34-46-48(36-38)52(42-25-13-4-14-26-42)54(44-29-17-6-18-30-44)51(46)41-23-11-3-12-24-41/h1-36,49,53H. The number of hydrogen-bond acceptors (Lipinski definition) is 4. The van der Waals surface area contributed by atoms with Gasteiger partial charge in [0.1, 0.15) is 8.22 Å². The highest BCUT2D eigenvalue weighted by Crippen LogP contribution is 2.65. The van der Waals surface area contributed by atoms with E-state index in [2.05, 4.69) is 238 Å². The highest BCUT2D eigenvalue weighted by Gasteiger charge is 2.39. The van der Waals surface area contributed by atoms with Gasteiger partial charge in [-0.05, 0) is 89.2 Å². The molecule has 0 aromatic heterocycles. The van der Waals surface area contributed by atoms with E-state index in [-0.39, 0.29) is 0 Å². The van der Waals surface area contributed by atoms with Crippen LogP contribution in [0.1, 0.15) is 0 Å². The van der Waals surface area contributed by atoms with Gasteiger partial charge < -0.3 is 9.99 Å². The lowest BCUT2D eigenvalue weighted by Crippen LogP contribution is -2.21. The Kier molecular flexibility index (Phi) is 9.61. The fourth-order valence-corrected chi connectivity index (χ4v) is 10.6. The van der Waals surface area contributed by atoms with Gasteiger partial charge in [-0.1, -0.05) is 146 Å². The van der Waals surface area contributed by atoms with E-state index in [4.69, 9.17) is 0 Å². The van der Waals surface area contributed by atoms with Crippen LogP contribution in [0.2, 0.25) is 0 Å². The second kappa shape index (κ2) is 15.4. The van der Waals surface area contributed by atoms with Crippen molar-refractivity contribution < 1.29 is 0 Å². The van der Waals surface area contributed by atoms with Gasteiger partial charge in [-0.3, -0.25) is 9.34 Å². The molecule has 8 aromatic carbocycles. The smallest absolute Gasteiger partial charge is 0.138 e. The zero-order chi connectivity index (χ0) is 36.1. The van der Waals surface area contributed by atoms with Crippen molar-refractivity contribution in [3.63, 3.8) is 0 Å². The van der Waals surface area contributed by atoms with Gasteiger partial charge in [0.15, 0.2) is 0 Å². The van der Waals surface area contributed by atoms with Crippen LogP contribution >= 0.6 is 17.0 Å². The third-order valence-electron chi connectivity index (χ3n) is 9.45. The number of rotatable bonds is 10. The number of hydrogen-bond donors (Lipinski definition) is 1. The van der Waals surface area contributed by atoms with Crippen molar-refractivity contribution in [2.24, 2.45) is 0 Å². The lowest BCUT2D eigenvalue weighted by molar-refractivity contribution is 1.40. The molecular formula is C48H38N4P2. The van der Waals surface area contributed by atoms with Crippen LogP contribution in [0.5, 0.6) is 0 Å². The first-order chi connectivity index (χ1) is 26.8. The maximum absolute atomic E-state index is 3.76. The highest BCUT2D eigenvalue weighted by molar-refractivity contribution is 7.70. The molecule has 2 atom stereocenters. The Labute approximate surface area is 320 Å². The molecule has 1 aliphatic rings. The number of para-hydroxylation sites is 4. The van der Waals surface area contributed by atoms with Gasteiger partial charge in [-0.2, -0.15) is 0 Å². The largest absolute Gasteiger partial charge is 0.354 e. The molecule has 6 heteroatoms. The Bertz CT molecular complexity index is 2440. The maximum atomic E-state index is 3.76. The number of fused-ring (bicyclic) bond motifs is 1. The van der Waals surface area contributed by atoms with E-state index in [1.165, 1.54) is 33.4 Å². The summed E-state index contributed by atoms with van der Waals surface area (Å²) in [6.07, 6.45) is 0. The van der Waals surface area contributed by atoms with Crippen LogP contribution in [0.3, 0.4) is 0 Å². The van der Waals surface area contributed by atoms with E-state index in [1.54, 1.807) is 0 Å². The summed E-state index contributed by atoms with van der Waals surface area (Å²) < 4.78 is 7.53. The fraction of sp³-hybridized carbons (Fsp3) is 0. The molecule has 54 heavy (non-hydrogen) atoms. The first-order valence-electron chi connectivity index (χ1n) is 18.1. The van der Waals surface area contributed by atoms with Crippen molar-refractivity contribution in [3.8, 4) is 11.1 Å². The van der Waals surface area contributed by atoms with E-state index < -0.39 is 8.22 Å². The molecule has 0 saturated carbocycles. The molecule has 0 spiro atoms. The molecule has 0 bridgehead atoms. The van der Waals surface area contributed by atoms with Gasteiger partial charge in [0.05, 0.1) is 22.7 Å². The van der Waals surface area contributed by atoms with E-state index in [0.29, 0.717) is 8.73 Å². The zero-order valence-electron chi connectivity index (χ0n) is 29.6. The summed E-state index contributed by atoms with van der Waals surface area (Å²) in [6.45, 7) is 0. The SMILES string of the molecule is c1ccc(Nc2ccc(-c3ccc4c(c3)N(c3ccccc3)P(c3ccccc3)N4c3ccccc3)cc2N(Pc2ccccc2)c2ccccc2)cc1. The minimum atomic E-state index is -0.987. The Hall–Kier alpha value is -6.18. The summed E-state index contributed by atoms with van der Waals surface area (Å²) in [5, 5.41) is 6.31. The van der Waals surface area contributed by atoms with Crippen molar-refractivity contribution >= 4 is 73.1 Å². The first-order valence-corrected chi connectivity index (χ1v) is 20.3. The lowest BCUT2D eigenvalue weighted by Gasteiger charge is -2.32. The molecule has 0 saturated heterocycles. The van der Waals surface area contributed by atoms with Crippen LogP contribution in [0.4, 0.5) is 45.5 Å². The van der Waals surface area contributed by atoms with Gasteiger partial charge in [0, 0.05) is 36.8 Å². The topological polar surface area (TPSA) is 21.8 Å². The van der Waals surface area contributed by atoms with Crippen LogP contribution in [0, 0.1) is 0 Å². The summed E-state index contributed by atoms with van der Waals surface area (Å²) in [7, 11) is -0.601. The van der Waals surface area contributed by atoms with Crippen molar-refractivity contribution in [2.45, 2.75) is 0 Å². The van der Waals surface area contributed by atoms with Gasteiger partial charge >= 0.3 is 0 Å². The van der Waals surface area contributed by atoms with Gasteiger partial charge in [0.25, 0.3) is 0 Å². The van der Waals surface area contributed by atoms with E-state index in [1.807, 2.05) is 0 Å². The van der Waals surface area contributed by atoms with Crippen molar-refractivity contribution in [1.29, 1.82) is 0 Å². The molecule has 2 unspecified atom stereocenters. The minimum Gasteiger partial charge on any atom is -0.354 e. The Balaban J connectivity index is 1.21. The predicted octanol–water partition coefficient (Wildman–Crippen LogP) is 13.1. The molecule has 0 radical (unpaired) electrons. The summed E-state index contributed by atoms with van der Waals surface area (Å²) >= 11 is 0. The summed E-state index contributed by atoms with van der Waals surface area (Å²) in [6, 6.07) is 78.3. The predicted molar refractivity (Wildman–Crippen MR) is 235 cm³/mol. The third kappa shape index (κ3) is 6.86. The molecule has 0 amide bonds. The average Bonchev–Trinajstić information content (AvgIpc) is 3.60. The number of anilines is 8. The second-order valence-electron chi connectivity index (χ2n) is 13.0. The molecule has 0 aliphatic carbocycles. The Morgan fingerprint density at radius 3 is 1.57 bits per heavy atom. The average molecular weight is 733 g/mol. The Morgan fingerprint density at radius 1 is 0.444 bits per heavy atom. The molecular weight excluding hydrogens is 695 g/mol. The Morgan fingerprint density at radius 2 is 0.944 bits per heavy atom. The third-order valence-corrected chi connectivity index (χ3v) is 13.2. The van der Waals surface area contributed by atoms with E-state index >= 15 is 0 Å². The van der Waals surface area contributed by atoms with Crippen molar-refractivity contribution in [2.75, 3.05) is 19.3 Å². The summed E-state index contributed by atoms with van der Waals surface area (Å²) in [5.41, 5.74) is 11.4. The molecule has 1 heterocycles. The quantitative estimate of drug-likeness (QED) is 0.141. The summed E-state index contributed by atoms with van der Waals surface area (Å²) in [4.78, 5) is 0. The molecule has 8 aromatic rings. The normalized spacial score (nSPS) is 13.6. The molecule has 9 rings (SSSR count). The van der Waals surface area contributed by atoms with Crippen LogP contribution < -0.4 is 29.9 Å². The number of nitrogens with one attached hydrogen (secondary N) is 1. The van der Waals surface area contributed by atoms with Crippen LogP contribution in [0.15, 0.2) is 218 Å². The number of nitrogens with zero attached hydrogens (tertiary/aromatic N) is 3. The highest BCUT2D eigenvalue weighted by atomic mass is 31.1. The van der Waals surface area contributed by atoms with Gasteiger partial charge in [0.2, 0.25) is 0 Å². The molecule has 0 fully saturated rings. The molecule has 1 N–H and O–H groups in total. The molecule has 4 nitrogen and oxygen atoms in total. The van der Waals surface area contributed by atoms with Crippen molar-refractivity contribution in [3.05, 3.63) is 218 Å². The summed E-state index contributed by atoms with van der Waals surface area (Å²) in [5.74, 6) is 0. The minimum absolute atomic E-state index is 0.386. The maximum Gasteiger partial charge on any atom is 0.138 e. The monoisotopic (exact) mass is 732 g/mol. The molecule has 1 aliphatic heterocycles. The van der Waals surface area contributed by atoms with E-state index in [9.17, 15) is 0 Å². The van der Waals surface area contributed by atoms with Crippen LogP contribution in [-0.2, 0) is 0 Å². The van der Waals surface area contributed by atoms with Gasteiger partial charge in [-0.15, -0.1) is 0 Å². The van der Waals surface area contributed by atoms with Crippen molar-refractivity contribution in [1.82, 2.24) is 0 Å². The van der Waals surface area contributed by atoms with Crippen LogP contribution in [0.25, 0.3) is 11.1 Å². The fourth-order valence-electron chi connectivity index (χ4n) is 6.93. The zero-order valence-corrected chi connectivity index (χ0v) is 31.5.